The number of ether oxygens (including phenoxy) is 1. The number of methoxy groups -OCH3 is 1. The van der Waals surface area contributed by atoms with Gasteiger partial charge in [-0.05, 0) is 19.3 Å². The quantitative estimate of drug-likeness (QED) is 0.487. The first kappa shape index (κ1) is 13.7. The Morgan fingerprint density at radius 2 is 2.00 bits per heavy atom. The van der Waals surface area contributed by atoms with Crippen molar-refractivity contribution in [3.63, 3.8) is 0 Å². The van der Waals surface area contributed by atoms with Crippen LogP contribution in [-0.4, -0.2) is 37.2 Å². The summed E-state index contributed by atoms with van der Waals surface area (Å²) in [5.74, 6) is 0. The van der Waals surface area contributed by atoms with Crippen molar-refractivity contribution in [1.29, 1.82) is 0 Å². The average Bonchev–Trinajstić information content (AvgIpc) is 2.32. The summed E-state index contributed by atoms with van der Waals surface area (Å²) in [7, 11) is 1.88. The van der Waals surface area contributed by atoms with E-state index in [1.807, 2.05) is 13.2 Å². The molecule has 0 saturated carbocycles. The van der Waals surface area contributed by atoms with Gasteiger partial charge in [0.25, 0.3) is 0 Å². The normalized spacial score (nSPS) is 20.9. The van der Waals surface area contributed by atoms with E-state index in [1.54, 1.807) is 0 Å². The third-order valence-electron chi connectivity index (χ3n) is 3.82. The van der Waals surface area contributed by atoms with Gasteiger partial charge < -0.3 is 4.74 Å². The Kier molecular flexibility index (Phi) is 6.07. The molecule has 1 fully saturated rings. The van der Waals surface area contributed by atoms with Crippen LogP contribution in [0.25, 0.3) is 0 Å². The molecule has 0 N–H and O–H groups in total. The number of hydrogen-bond acceptors (Lipinski definition) is 2. The Morgan fingerprint density at radius 1 is 1.31 bits per heavy atom. The van der Waals surface area contributed by atoms with E-state index in [9.17, 15) is 0 Å². The monoisotopic (exact) mass is 225 g/mol. The van der Waals surface area contributed by atoms with E-state index in [1.165, 1.54) is 38.5 Å². The van der Waals surface area contributed by atoms with Gasteiger partial charge in [0.15, 0.2) is 0 Å². The van der Waals surface area contributed by atoms with Crippen molar-refractivity contribution in [2.24, 2.45) is 0 Å². The molecular weight excluding hydrogens is 198 g/mol. The summed E-state index contributed by atoms with van der Waals surface area (Å²) in [6, 6.07) is 0. The zero-order valence-corrected chi connectivity index (χ0v) is 11.0. The van der Waals surface area contributed by atoms with Crippen LogP contribution in [0.2, 0.25) is 0 Å². The van der Waals surface area contributed by atoms with E-state index < -0.39 is 0 Å². The predicted octanol–water partition coefficient (Wildman–Crippen LogP) is 3.23. The SMILES string of the molecule is C=CCN1CCC(CCCCC)(OC)CC1. The molecule has 1 aliphatic rings. The van der Waals surface area contributed by atoms with Crippen molar-refractivity contribution in [3.8, 4) is 0 Å². The minimum Gasteiger partial charge on any atom is -0.378 e. The van der Waals surface area contributed by atoms with Gasteiger partial charge >= 0.3 is 0 Å². The first-order valence-corrected chi connectivity index (χ1v) is 6.65. The van der Waals surface area contributed by atoms with Gasteiger partial charge in [-0.2, -0.15) is 0 Å². The van der Waals surface area contributed by atoms with Gasteiger partial charge in [0.05, 0.1) is 5.60 Å². The van der Waals surface area contributed by atoms with Crippen molar-refractivity contribution in [1.82, 2.24) is 4.90 Å². The van der Waals surface area contributed by atoms with Crippen LogP contribution in [0.1, 0.15) is 45.4 Å². The van der Waals surface area contributed by atoms with Gasteiger partial charge in [0, 0.05) is 26.7 Å². The third kappa shape index (κ3) is 3.91. The molecule has 2 heteroatoms. The Labute approximate surface area is 101 Å². The van der Waals surface area contributed by atoms with Crippen LogP contribution in [0, 0.1) is 0 Å². The highest BCUT2D eigenvalue weighted by Crippen LogP contribution is 2.31. The molecule has 0 radical (unpaired) electrons. The number of hydrogen-bond donors (Lipinski definition) is 0. The van der Waals surface area contributed by atoms with Crippen molar-refractivity contribution in [2.45, 2.75) is 51.0 Å². The maximum atomic E-state index is 5.80. The van der Waals surface area contributed by atoms with E-state index >= 15 is 0 Å². The van der Waals surface area contributed by atoms with E-state index in [2.05, 4.69) is 18.4 Å². The molecule has 0 aromatic heterocycles. The fraction of sp³-hybridized carbons (Fsp3) is 0.857. The van der Waals surface area contributed by atoms with E-state index in [0.29, 0.717) is 0 Å². The second kappa shape index (κ2) is 7.08. The molecule has 0 aromatic rings. The van der Waals surface area contributed by atoms with Gasteiger partial charge in [0.1, 0.15) is 0 Å². The number of nitrogens with zero attached hydrogens (tertiary/aromatic N) is 1. The summed E-state index contributed by atoms with van der Waals surface area (Å²) in [4.78, 5) is 2.46. The number of piperidine rings is 1. The molecule has 16 heavy (non-hydrogen) atoms. The summed E-state index contributed by atoms with van der Waals surface area (Å²) < 4.78 is 5.80. The predicted molar refractivity (Wildman–Crippen MR) is 69.8 cm³/mol. The molecule has 1 rings (SSSR count). The molecule has 0 unspecified atom stereocenters. The number of unbranched alkanes of at least 4 members (excludes halogenated alkanes) is 2. The lowest BCUT2D eigenvalue weighted by molar-refractivity contribution is -0.0623. The summed E-state index contributed by atoms with van der Waals surface area (Å²) in [5.41, 5.74) is 0.173. The van der Waals surface area contributed by atoms with Gasteiger partial charge in [-0.15, -0.1) is 6.58 Å². The van der Waals surface area contributed by atoms with Crippen molar-refractivity contribution >= 4 is 0 Å². The molecule has 1 saturated heterocycles. The van der Waals surface area contributed by atoms with Crippen LogP contribution in [-0.2, 0) is 4.74 Å². The standard InChI is InChI=1S/C14H27NO/c1-4-6-7-8-14(16-3)9-12-15(11-5-2)13-10-14/h5H,2,4,6-13H2,1,3H3. The van der Waals surface area contributed by atoms with E-state index in [-0.39, 0.29) is 5.60 Å². The lowest BCUT2D eigenvalue weighted by atomic mass is 9.86. The molecule has 2 nitrogen and oxygen atoms in total. The minimum atomic E-state index is 0.173. The lowest BCUT2D eigenvalue weighted by Crippen LogP contribution is -2.45. The van der Waals surface area contributed by atoms with Gasteiger partial charge in [-0.1, -0.05) is 32.3 Å². The fourth-order valence-electron chi connectivity index (χ4n) is 2.58. The van der Waals surface area contributed by atoms with Crippen molar-refractivity contribution in [3.05, 3.63) is 12.7 Å². The van der Waals surface area contributed by atoms with Crippen molar-refractivity contribution in [2.75, 3.05) is 26.7 Å². The Bertz CT molecular complexity index is 195. The second-order valence-corrected chi connectivity index (χ2v) is 4.93. The molecule has 0 aromatic carbocycles. The van der Waals surface area contributed by atoms with Crippen LogP contribution in [0.15, 0.2) is 12.7 Å². The first-order valence-electron chi connectivity index (χ1n) is 6.65. The maximum absolute atomic E-state index is 5.80. The summed E-state index contributed by atoms with van der Waals surface area (Å²) in [5, 5.41) is 0. The molecule has 1 aliphatic heterocycles. The van der Waals surface area contributed by atoms with Crippen LogP contribution in [0.5, 0.6) is 0 Å². The molecule has 0 aliphatic carbocycles. The Morgan fingerprint density at radius 3 is 2.50 bits per heavy atom. The average molecular weight is 225 g/mol. The van der Waals surface area contributed by atoms with Crippen LogP contribution >= 0.6 is 0 Å². The topological polar surface area (TPSA) is 12.5 Å². The lowest BCUT2D eigenvalue weighted by Gasteiger charge is -2.40. The first-order chi connectivity index (χ1) is 7.76. The second-order valence-electron chi connectivity index (χ2n) is 4.93. The zero-order valence-electron chi connectivity index (χ0n) is 11.0. The highest BCUT2D eigenvalue weighted by molar-refractivity contribution is 4.89. The smallest absolute Gasteiger partial charge is 0.0703 e. The largest absolute Gasteiger partial charge is 0.378 e. The van der Waals surface area contributed by atoms with Gasteiger partial charge in [-0.25, -0.2) is 0 Å². The Hall–Kier alpha value is -0.340. The zero-order chi connectivity index (χ0) is 11.9. The van der Waals surface area contributed by atoms with E-state index in [0.717, 1.165) is 19.6 Å². The molecule has 0 spiro atoms. The summed E-state index contributed by atoms with van der Waals surface area (Å²) in [6.45, 7) is 9.40. The fourth-order valence-corrected chi connectivity index (χ4v) is 2.58. The third-order valence-corrected chi connectivity index (χ3v) is 3.82. The van der Waals surface area contributed by atoms with Crippen LogP contribution in [0.3, 0.4) is 0 Å². The molecule has 94 valence electrons. The van der Waals surface area contributed by atoms with Crippen LogP contribution < -0.4 is 0 Å². The highest BCUT2D eigenvalue weighted by atomic mass is 16.5. The summed E-state index contributed by atoms with van der Waals surface area (Å²) in [6.07, 6.45) is 9.54. The molecular formula is C14H27NO. The van der Waals surface area contributed by atoms with Crippen LogP contribution in [0.4, 0.5) is 0 Å². The van der Waals surface area contributed by atoms with Gasteiger partial charge in [-0.3, -0.25) is 4.90 Å². The highest BCUT2D eigenvalue weighted by Gasteiger charge is 2.33. The Balaban J connectivity index is 2.35. The van der Waals surface area contributed by atoms with Gasteiger partial charge in [0.2, 0.25) is 0 Å². The van der Waals surface area contributed by atoms with Crippen molar-refractivity contribution < 1.29 is 4.74 Å². The maximum Gasteiger partial charge on any atom is 0.0703 e. The number of likely N-dealkylation sites (tertiary alicyclic amines) is 1. The minimum absolute atomic E-state index is 0.173. The summed E-state index contributed by atoms with van der Waals surface area (Å²) >= 11 is 0. The molecule has 0 atom stereocenters. The molecule has 0 amide bonds. The van der Waals surface area contributed by atoms with E-state index in [4.69, 9.17) is 4.74 Å². The molecule has 0 bridgehead atoms. The number of rotatable bonds is 7. The molecule has 1 heterocycles.